The quantitative estimate of drug-likeness (QED) is 0.0401. The van der Waals surface area contributed by atoms with Crippen LogP contribution in [0.15, 0.2) is 97.1 Å². The van der Waals surface area contributed by atoms with Gasteiger partial charge in [-0.2, -0.15) is 0 Å². The Morgan fingerprint density at radius 3 is 0.662 bits per heavy atom. The molecule has 4 aromatic rings. The number of carboxylic acid groups (broad SMARTS) is 4. The molecule has 4 aromatic carbocycles. The molecule has 0 N–H and O–H groups in total. The Morgan fingerprint density at radius 1 is 0.308 bits per heavy atom. The number of rotatable bonds is 28. The Balaban J connectivity index is 0.000000836. The summed E-state index contributed by atoms with van der Waals surface area (Å²) in [5.74, 6) is -4.36. The molecule has 0 unspecified atom stereocenters. The molecule has 0 amide bonds. The summed E-state index contributed by atoms with van der Waals surface area (Å²) in [6.45, 7) is 8.79. The van der Waals surface area contributed by atoms with Crippen LogP contribution in [0, 0.1) is 0 Å². The van der Waals surface area contributed by atoms with Crippen LogP contribution in [0.25, 0.3) is 0 Å². The standard InChI is InChI=1S/4C14H20O2.Pb/c4*1-2-3-4-5-6-8-12-9-7-10-13(11-12)14(15)16;/h4*7,9-11H,2-6,8H2,1H3,(H,15,16);/p-4. The first-order valence-corrected chi connectivity index (χ1v) is 24.2. The van der Waals surface area contributed by atoms with Crippen molar-refractivity contribution in [2.75, 3.05) is 0 Å². The third kappa shape index (κ3) is 31.3. The van der Waals surface area contributed by atoms with Crippen molar-refractivity contribution in [1.82, 2.24) is 0 Å². The molecular formula is C56H76O8Pb-4. The predicted molar refractivity (Wildman–Crippen MR) is 259 cm³/mol. The summed E-state index contributed by atoms with van der Waals surface area (Å²) in [6.07, 6.45) is 28.6. The zero-order valence-electron chi connectivity index (χ0n) is 40.0. The van der Waals surface area contributed by atoms with E-state index < -0.39 is 23.9 Å². The monoisotopic (exact) mass is 1080 g/mol. The predicted octanol–water partition coefficient (Wildman–Crippen LogP) is 9.87. The van der Waals surface area contributed by atoms with Gasteiger partial charge >= 0.3 is 0 Å². The van der Waals surface area contributed by atoms with Crippen molar-refractivity contribution in [3.8, 4) is 0 Å². The van der Waals surface area contributed by atoms with Crippen LogP contribution in [0.5, 0.6) is 0 Å². The van der Waals surface area contributed by atoms with E-state index >= 15 is 0 Å². The Labute approximate surface area is 411 Å². The van der Waals surface area contributed by atoms with Gasteiger partial charge in [-0.05, 0) is 120 Å². The van der Waals surface area contributed by atoms with E-state index in [2.05, 4.69) is 27.7 Å². The summed E-state index contributed by atoms with van der Waals surface area (Å²) in [4.78, 5) is 42.6. The molecule has 0 atom stereocenters. The number of benzene rings is 4. The fraction of sp³-hybridized carbons (Fsp3) is 0.500. The number of unbranched alkanes of at least 4 members (excludes halogenated alkanes) is 16. The maximum absolute atomic E-state index is 10.7. The van der Waals surface area contributed by atoms with Gasteiger partial charge in [-0.3, -0.25) is 0 Å². The molecule has 9 heteroatoms. The van der Waals surface area contributed by atoms with Gasteiger partial charge in [0.05, 0.1) is 23.9 Å². The van der Waals surface area contributed by atoms with Gasteiger partial charge in [-0.25, -0.2) is 0 Å². The van der Waals surface area contributed by atoms with Crippen LogP contribution in [0.1, 0.15) is 220 Å². The van der Waals surface area contributed by atoms with Crippen LogP contribution in [-0.4, -0.2) is 51.2 Å². The number of hydrogen-bond donors (Lipinski definition) is 0. The van der Waals surface area contributed by atoms with Crippen molar-refractivity contribution in [3.63, 3.8) is 0 Å². The zero-order chi connectivity index (χ0) is 47.2. The number of carbonyl (C=O) groups is 4. The molecule has 356 valence electrons. The molecule has 65 heavy (non-hydrogen) atoms. The summed E-state index contributed by atoms with van der Waals surface area (Å²) < 4.78 is 0. The van der Waals surface area contributed by atoms with Crippen molar-refractivity contribution >= 4 is 51.2 Å². The average Bonchev–Trinajstić information content (AvgIpc) is 3.30. The van der Waals surface area contributed by atoms with E-state index in [1.165, 1.54) is 103 Å². The smallest absolute Gasteiger partial charge is 0.0715 e. The molecule has 0 aliphatic heterocycles. The molecule has 0 fully saturated rings. The molecule has 4 rings (SSSR count). The van der Waals surface area contributed by atoms with Gasteiger partial charge in [0, 0.05) is 27.3 Å². The van der Waals surface area contributed by atoms with E-state index in [0.717, 1.165) is 73.6 Å². The normalized spacial score (nSPS) is 10.2. The van der Waals surface area contributed by atoms with Crippen molar-refractivity contribution in [2.24, 2.45) is 0 Å². The second-order valence-corrected chi connectivity index (χ2v) is 16.6. The summed E-state index contributed by atoms with van der Waals surface area (Å²) in [5.41, 5.74) is 5.52. The minimum atomic E-state index is -1.09. The minimum Gasteiger partial charge on any atom is -0.545 e. The van der Waals surface area contributed by atoms with Gasteiger partial charge in [0.1, 0.15) is 0 Å². The molecule has 0 heterocycles. The number of aryl methyl sites for hydroxylation is 4. The molecule has 0 saturated heterocycles. The third-order valence-electron chi connectivity index (χ3n) is 10.9. The van der Waals surface area contributed by atoms with Gasteiger partial charge in [0.2, 0.25) is 0 Å². The molecular weight excluding hydrogens is 1010 g/mol. The second kappa shape index (κ2) is 40.0. The maximum Gasteiger partial charge on any atom is 0.0715 e. The Morgan fingerprint density at radius 2 is 0.492 bits per heavy atom. The average molecular weight is 1080 g/mol. The molecule has 0 aromatic heterocycles. The fourth-order valence-corrected chi connectivity index (χ4v) is 7.15. The Hall–Kier alpha value is -4.32. The molecule has 0 aliphatic rings. The second-order valence-electron chi connectivity index (χ2n) is 16.6. The van der Waals surface area contributed by atoms with Crippen LogP contribution in [0.4, 0.5) is 0 Å². The zero-order valence-corrected chi connectivity index (χ0v) is 43.9. The fourth-order valence-electron chi connectivity index (χ4n) is 7.15. The van der Waals surface area contributed by atoms with Crippen LogP contribution >= 0.6 is 0 Å². The Bertz CT molecular complexity index is 1600. The van der Waals surface area contributed by atoms with Crippen molar-refractivity contribution in [1.29, 1.82) is 0 Å². The van der Waals surface area contributed by atoms with Gasteiger partial charge in [-0.15, -0.1) is 0 Å². The summed E-state index contributed by atoms with van der Waals surface area (Å²) >= 11 is 0. The number of hydrogen-bond acceptors (Lipinski definition) is 8. The summed E-state index contributed by atoms with van der Waals surface area (Å²) in [7, 11) is 0. The van der Waals surface area contributed by atoms with E-state index in [4.69, 9.17) is 0 Å². The first kappa shape index (κ1) is 60.7. The van der Waals surface area contributed by atoms with Gasteiger partial charge in [-0.1, -0.05) is 203 Å². The SMILES string of the molecule is CCCCCCCc1cccc(C(=O)[O-])c1.CCCCCCCc1cccc(C(=O)[O-])c1.CCCCCCCc1cccc(C(=O)[O-])c1.CCCCCCCc1cccc(C(=O)[O-])c1.[Pb]. The van der Waals surface area contributed by atoms with Gasteiger partial charge < -0.3 is 39.6 Å². The van der Waals surface area contributed by atoms with Gasteiger partial charge in [0.25, 0.3) is 0 Å². The van der Waals surface area contributed by atoms with Crippen LogP contribution in [-0.2, 0) is 25.7 Å². The molecule has 0 saturated carbocycles. The van der Waals surface area contributed by atoms with E-state index in [9.17, 15) is 39.6 Å². The van der Waals surface area contributed by atoms with Crippen molar-refractivity contribution in [3.05, 3.63) is 142 Å². The van der Waals surface area contributed by atoms with Crippen LogP contribution in [0.2, 0.25) is 0 Å². The van der Waals surface area contributed by atoms with E-state index in [-0.39, 0.29) is 49.6 Å². The number of carbonyl (C=O) groups excluding carboxylic acids is 4. The van der Waals surface area contributed by atoms with Crippen LogP contribution in [0.3, 0.4) is 0 Å². The largest absolute Gasteiger partial charge is 0.545 e. The molecule has 0 spiro atoms. The van der Waals surface area contributed by atoms with E-state index in [1.54, 1.807) is 72.8 Å². The molecule has 0 aliphatic carbocycles. The first-order chi connectivity index (χ1) is 30.9. The number of aromatic carboxylic acids is 4. The van der Waals surface area contributed by atoms with Gasteiger partial charge in [0.15, 0.2) is 0 Å². The molecule has 0 bridgehead atoms. The molecule has 8 nitrogen and oxygen atoms in total. The van der Waals surface area contributed by atoms with Crippen molar-refractivity contribution in [2.45, 2.75) is 182 Å². The van der Waals surface area contributed by atoms with E-state index in [1.807, 2.05) is 24.3 Å². The maximum atomic E-state index is 10.7. The summed E-state index contributed by atoms with van der Waals surface area (Å²) in [5, 5.41) is 42.6. The molecule has 4 radical (unpaired) electrons. The first-order valence-electron chi connectivity index (χ1n) is 24.2. The third-order valence-corrected chi connectivity index (χ3v) is 10.9. The van der Waals surface area contributed by atoms with E-state index in [0.29, 0.717) is 0 Å². The van der Waals surface area contributed by atoms with Crippen LogP contribution < -0.4 is 20.4 Å². The topological polar surface area (TPSA) is 161 Å². The number of carboxylic acids is 4. The summed E-state index contributed by atoms with van der Waals surface area (Å²) in [6, 6.07) is 28.2. The van der Waals surface area contributed by atoms with Crippen molar-refractivity contribution < 1.29 is 39.6 Å². The minimum absolute atomic E-state index is 0. The Kier molecular flexibility index (Phi) is 37.3.